The van der Waals surface area contributed by atoms with Crippen molar-refractivity contribution in [2.45, 2.75) is 17.9 Å². The quantitative estimate of drug-likeness (QED) is 0.117. The lowest BCUT2D eigenvalue weighted by atomic mass is 10.2. The van der Waals surface area contributed by atoms with Crippen LogP contribution in [0.3, 0.4) is 0 Å². The zero-order valence-corrected chi connectivity index (χ0v) is 19.3. The Morgan fingerprint density at radius 2 is 1.67 bits per heavy atom. The molecule has 0 amide bonds. The van der Waals surface area contributed by atoms with Gasteiger partial charge in [0.15, 0.2) is 9.84 Å². The molecule has 1 N–H and O–H groups in total. The summed E-state index contributed by atoms with van der Waals surface area (Å²) in [7, 11) is -4.11. The molecule has 16 heteroatoms. The van der Waals surface area contributed by atoms with Crippen LogP contribution in [0.4, 0.5) is 0 Å². The second-order valence-corrected chi connectivity index (χ2v) is 8.75. The Labute approximate surface area is 202 Å². The summed E-state index contributed by atoms with van der Waals surface area (Å²) in [6.45, 7) is -0.458. The van der Waals surface area contributed by atoms with Gasteiger partial charge in [-0.2, -0.15) is 0 Å². The highest BCUT2D eigenvalue weighted by molar-refractivity contribution is 7.91. The highest BCUT2D eigenvalue weighted by Crippen LogP contribution is 2.19. The SMILES string of the molecule is CC(=O)Oc1ccccc1C(=O)OCOC(=O)c1ccc(S(=O)(=O)CC(CO[N+](=O)[O-])O[NH+]=O)cc1. The molecule has 0 aliphatic rings. The highest BCUT2D eigenvalue weighted by Gasteiger charge is 2.27. The van der Waals surface area contributed by atoms with Crippen molar-refractivity contribution in [3.63, 3.8) is 0 Å². The number of hydrogen-bond donors (Lipinski definition) is 1. The third kappa shape index (κ3) is 8.32. The van der Waals surface area contributed by atoms with Gasteiger partial charge in [0.05, 0.1) is 15.4 Å². The smallest absolute Gasteiger partial charge is 0.344 e. The molecule has 0 heterocycles. The number of rotatable bonds is 13. The number of nitrogens with zero attached hydrogens (tertiary/aromatic N) is 1. The molecule has 36 heavy (non-hydrogen) atoms. The summed E-state index contributed by atoms with van der Waals surface area (Å²) >= 11 is 0. The van der Waals surface area contributed by atoms with Crippen molar-refractivity contribution in [3.8, 4) is 5.75 Å². The number of ether oxygens (including phenoxy) is 3. The van der Waals surface area contributed by atoms with Gasteiger partial charge in [-0.25, -0.2) is 22.8 Å². The minimum Gasteiger partial charge on any atom is -0.426 e. The van der Waals surface area contributed by atoms with E-state index in [0.717, 1.165) is 36.5 Å². The molecule has 15 nitrogen and oxygen atoms in total. The van der Waals surface area contributed by atoms with Crippen LogP contribution in [0.2, 0.25) is 0 Å². The van der Waals surface area contributed by atoms with Crippen molar-refractivity contribution in [3.05, 3.63) is 74.7 Å². The van der Waals surface area contributed by atoms with Crippen LogP contribution >= 0.6 is 0 Å². The van der Waals surface area contributed by atoms with E-state index in [1.807, 2.05) is 0 Å². The number of para-hydroxylation sites is 1. The maximum absolute atomic E-state index is 12.5. The molecule has 1 unspecified atom stereocenters. The van der Waals surface area contributed by atoms with Gasteiger partial charge >= 0.3 is 17.9 Å². The van der Waals surface area contributed by atoms with Crippen LogP contribution in [0.15, 0.2) is 53.4 Å². The molecule has 0 aliphatic heterocycles. The van der Waals surface area contributed by atoms with E-state index in [1.54, 1.807) is 0 Å². The van der Waals surface area contributed by atoms with E-state index in [4.69, 9.17) is 14.2 Å². The third-order valence-electron chi connectivity index (χ3n) is 4.18. The van der Waals surface area contributed by atoms with Gasteiger partial charge in [0.25, 0.3) is 5.09 Å². The predicted molar refractivity (Wildman–Crippen MR) is 114 cm³/mol. The van der Waals surface area contributed by atoms with Crippen molar-refractivity contribution in [1.82, 2.24) is 0 Å². The Bertz CT molecular complexity index is 1230. The molecule has 1 atom stereocenters. The lowest BCUT2D eigenvalue weighted by Gasteiger charge is -2.11. The van der Waals surface area contributed by atoms with E-state index in [-0.39, 0.29) is 21.8 Å². The zero-order valence-electron chi connectivity index (χ0n) is 18.5. The molecule has 0 radical (unpaired) electrons. The lowest BCUT2D eigenvalue weighted by molar-refractivity contribution is -0.796. The second-order valence-electron chi connectivity index (χ2n) is 6.72. The van der Waals surface area contributed by atoms with Crippen LogP contribution in [0.25, 0.3) is 0 Å². The molecular formula is C20H19N2O13S+. The molecule has 192 valence electrons. The van der Waals surface area contributed by atoms with Crippen molar-refractivity contribution in [1.29, 1.82) is 0 Å². The second kappa shape index (κ2) is 12.7. The fourth-order valence-electron chi connectivity index (χ4n) is 2.64. The van der Waals surface area contributed by atoms with Gasteiger partial charge in [-0.1, -0.05) is 12.1 Å². The summed E-state index contributed by atoms with van der Waals surface area (Å²) < 4.78 is 39.5. The van der Waals surface area contributed by atoms with Crippen LogP contribution in [-0.4, -0.2) is 56.7 Å². The first-order chi connectivity index (χ1) is 17.0. The Kier molecular flexibility index (Phi) is 9.79. The molecule has 2 aromatic carbocycles. The number of esters is 3. The van der Waals surface area contributed by atoms with Gasteiger partial charge in [0, 0.05) is 6.92 Å². The lowest BCUT2D eigenvalue weighted by Crippen LogP contribution is -2.66. The van der Waals surface area contributed by atoms with E-state index >= 15 is 0 Å². The number of carbonyl (C=O) groups is 3. The standard InChI is InChI=1S/C20H19N2O13S/c1-13(23)34-18-5-3-2-4-17(18)20(25)32-12-31-19(24)14-6-8-16(9-7-14)36(29,30)11-15(35-21-26)10-33-22(27)28/h2-9,15,21H,10-12H2,1H3/q+1. The Hall–Kier alpha value is -4.60. The fraction of sp³-hybridized carbons (Fsp3) is 0.250. The molecule has 0 saturated carbocycles. The van der Waals surface area contributed by atoms with Gasteiger partial charge in [-0.3, -0.25) is 4.79 Å². The average molecular weight is 527 g/mol. The van der Waals surface area contributed by atoms with Crippen LogP contribution in [-0.2, 0) is 33.8 Å². The van der Waals surface area contributed by atoms with Gasteiger partial charge < -0.3 is 19.0 Å². The minimum atomic E-state index is -4.11. The van der Waals surface area contributed by atoms with Crippen molar-refractivity contribution in [2.24, 2.45) is 0 Å². The first kappa shape index (κ1) is 27.6. The van der Waals surface area contributed by atoms with Crippen LogP contribution in [0.5, 0.6) is 5.75 Å². The summed E-state index contributed by atoms with van der Waals surface area (Å²) in [6, 6.07) is 10.1. The maximum atomic E-state index is 12.5. The number of hydrogen-bond acceptors (Lipinski definition) is 13. The molecule has 2 aromatic rings. The predicted octanol–water partition coefficient (Wildman–Crippen LogP) is -0.288. The Balaban J connectivity index is 1.96. The molecule has 0 spiro atoms. The first-order valence-corrected chi connectivity index (χ1v) is 11.4. The van der Waals surface area contributed by atoms with Crippen molar-refractivity contribution >= 4 is 27.7 Å². The number of carbonyl (C=O) groups excluding carboxylic acids is 3. The van der Waals surface area contributed by atoms with Crippen molar-refractivity contribution in [2.75, 3.05) is 19.2 Å². The molecule has 0 bridgehead atoms. The summed E-state index contributed by atoms with van der Waals surface area (Å²) in [6.07, 6.45) is -1.50. The van der Waals surface area contributed by atoms with Gasteiger partial charge in [-0.05, 0) is 36.4 Å². The summed E-state index contributed by atoms with van der Waals surface area (Å²) in [5.41, 5.74) is -0.160. The van der Waals surface area contributed by atoms with E-state index in [2.05, 4.69) is 9.68 Å². The van der Waals surface area contributed by atoms with Crippen LogP contribution in [0, 0.1) is 15.0 Å². The van der Waals surface area contributed by atoms with Gasteiger partial charge in [-0.15, -0.1) is 10.1 Å². The van der Waals surface area contributed by atoms with E-state index in [1.165, 1.54) is 24.3 Å². The summed E-state index contributed by atoms with van der Waals surface area (Å²) in [5.74, 6) is -3.41. The first-order valence-electron chi connectivity index (χ1n) is 9.78. The molecule has 0 fully saturated rings. The third-order valence-corrected chi connectivity index (χ3v) is 5.98. The summed E-state index contributed by atoms with van der Waals surface area (Å²) in [5, 5.41) is 10.1. The normalized spacial score (nSPS) is 11.5. The zero-order chi connectivity index (χ0) is 26.7. The van der Waals surface area contributed by atoms with E-state index < -0.39 is 58.1 Å². The number of benzene rings is 2. The van der Waals surface area contributed by atoms with E-state index in [9.17, 15) is 37.8 Å². The molecular weight excluding hydrogens is 508 g/mol. The largest absolute Gasteiger partial charge is 0.426 e. The van der Waals surface area contributed by atoms with E-state index in [0.29, 0.717) is 0 Å². The Morgan fingerprint density at radius 3 is 2.28 bits per heavy atom. The Morgan fingerprint density at radius 1 is 1.03 bits per heavy atom. The fourth-order valence-corrected chi connectivity index (χ4v) is 4.04. The topological polar surface area (TPSA) is 206 Å². The molecule has 0 aromatic heterocycles. The van der Waals surface area contributed by atoms with Crippen LogP contribution < -0.4 is 10.1 Å². The van der Waals surface area contributed by atoms with Gasteiger partial charge in [0.1, 0.15) is 23.7 Å². The monoisotopic (exact) mass is 527 g/mol. The maximum Gasteiger partial charge on any atom is 0.344 e. The highest BCUT2D eigenvalue weighted by atomic mass is 32.2. The summed E-state index contributed by atoms with van der Waals surface area (Å²) in [4.78, 5) is 64.3. The number of nitrogens with one attached hydrogen (secondary N) is 1. The molecule has 0 saturated heterocycles. The molecule has 0 aliphatic carbocycles. The average Bonchev–Trinajstić information content (AvgIpc) is 2.82. The van der Waals surface area contributed by atoms with Gasteiger partial charge in [0.2, 0.25) is 18.2 Å². The van der Waals surface area contributed by atoms with Crippen molar-refractivity contribution < 1.29 is 57.1 Å². The number of sulfone groups is 1. The molecule has 2 rings (SSSR count). The minimum absolute atomic E-state index is 0.0401. The van der Waals surface area contributed by atoms with Crippen LogP contribution in [0.1, 0.15) is 27.6 Å².